The van der Waals surface area contributed by atoms with E-state index in [1.54, 1.807) is 30.3 Å². The fourth-order valence-electron chi connectivity index (χ4n) is 2.59. The number of para-hydroxylation sites is 1. The Labute approximate surface area is 168 Å². The number of amides is 2. The van der Waals surface area contributed by atoms with E-state index in [1.165, 1.54) is 18.2 Å². The van der Waals surface area contributed by atoms with Gasteiger partial charge in [0.1, 0.15) is 12.2 Å². The number of halogens is 1. The molecule has 8 nitrogen and oxygen atoms in total. The predicted molar refractivity (Wildman–Crippen MR) is 105 cm³/mol. The van der Waals surface area contributed by atoms with Gasteiger partial charge < -0.3 is 4.74 Å². The van der Waals surface area contributed by atoms with Crippen LogP contribution in [-0.2, 0) is 9.59 Å². The van der Waals surface area contributed by atoms with E-state index >= 15 is 0 Å². The van der Waals surface area contributed by atoms with Crippen molar-refractivity contribution in [1.82, 2.24) is 5.43 Å². The molecule has 2 amide bonds. The van der Waals surface area contributed by atoms with E-state index in [0.29, 0.717) is 10.2 Å². The summed E-state index contributed by atoms with van der Waals surface area (Å²) in [7, 11) is 0. The number of nitro benzene ring substituents is 1. The SMILES string of the molecule is C#CCOc1c(C=C2C(=O)NN(c3ccccc3)C2=O)cc(Br)cc1[N+](=O)[O-]. The molecular formula is C19H12BrN3O5. The molecule has 0 spiro atoms. The summed E-state index contributed by atoms with van der Waals surface area (Å²) in [5.41, 5.74) is 2.58. The molecule has 1 heterocycles. The van der Waals surface area contributed by atoms with Crippen molar-refractivity contribution >= 4 is 45.2 Å². The summed E-state index contributed by atoms with van der Waals surface area (Å²) in [4.78, 5) is 35.8. The van der Waals surface area contributed by atoms with Gasteiger partial charge in [-0.15, -0.1) is 6.42 Å². The maximum Gasteiger partial charge on any atom is 0.312 e. The molecule has 0 saturated carbocycles. The van der Waals surface area contributed by atoms with Crippen LogP contribution in [0.25, 0.3) is 6.08 Å². The Morgan fingerprint density at radius 1 is 1.29 bits per heavy atom. The summed E-state index contributed by atoms with van der Waals surface area (Å²) in [6, 6.07) is 11.3. The summed E-state index contributed by atoms with van der Waals surface area (Å²) < 4.78 is 5.71. The molecule has 2 aromatic carbocycles. The van der Waals surface area contributed by atoms with E-state index in [2.05, 4.69) is 27.3 Å². The zero-order chi connectivity index (χ0) is 20.3. The minimum atomic E-state index is -0.639. The molecule has 28 heavy (non-hydrogen) atoms. The monoisotopic (exact) mass is 441 g/mol. The molecule has 0 unspecified atom stereocenters. The normalized spacial score (nSPS) is 14.7. The van der Waals surface area contributed by atoms with Gasteiger partial charge in [-0.1, -0.05) is 40.0 Å². The molecule has 1 N–H and O–H groups in total. The molecule has 1 fully saturated rings. The van der Waals surface area contributed by atoms with Gasteiger partial charge in [0.2, 0.25) is 5.75 Å². The van der Waals surface area contributed by atoms with Gasteiger partial charge in [-0.2, -0.15) is 0 Å². The number of hydrazine groups is 1. The van der Waals surface area contributed by atoms with Crippen LogP contribution in [0.1, 0.15) is 5.56 Å². The Bertz CT molecular complexity index is 1040. The Balaban J connectivity index is 2.07. The highest BCUT2D eigenvalue weighted by Crippen LogP contribution is 2.36. The van der Waals surface area contributed by atoms with Crippen LogP contribution in [0.15, 0.2) is 52.5 Å². The van der Waals surface area contributed by atoms with Crippen LogP contribution >= 0.6 is 15.9 Å². The fraction of sp³-hybridized carbons (Fsp3) is 0.0526. The molecule has 0 bridgehead atoms. The lowest BCUT2D eigenvalue weighted by Crippen LogP contribution is -2.35. The van der Waals surface area contributed by atoms with Gasteiger partial charge in [-0.25, -0.2) is 5.01 Å². The summed E-state index contributed by atoms with van der Waals surface area (Å²) in [6.07, 6.45) is 6.42. The average Bonchev–Trinajstić information content (AvgIpc) is 2.95. The zero-order valence-corrected chi connectivity index (χ0v) is 15.8. The molecule has 1 saturated heterocycles. The molecule has 3 rings (SSSR count). The van der Waals surface area contributed by atoms with Crippen LogP contribution in [0, 0.1) is 22.5 Å². The third kappa shape index (κ3) is 3.72. The molecule has 0 atom stereocenters. The summed E-state index contributed by atoms with van der Waals surface area (Å²) in [5, 5.41) is 12.5. The van der Waals surface area contributed by atoms with Crippen LogP contribution in [-0.4, -0.2) is 23.3 Å². The number of terminal acetylenes is 1. The second-order valence-corrected chi connectivity index (χ2v) is 6.48. The van der Waals surface area contributed by atoms with Crippen LogP contribution in [0.2, 0.25) is 0 Å². The van der Waals surface area contributed by atoms with E-state index in [9.17, 15) is 19.7 Å². The van der Waals surface area contributed by atoms with E-state index in [-0.39, 0.29) is 29.2 Å². The standard InChI is InChI=1S/C19H12BrN3O5/c1-2-8-28-17-12(9-13(20)11-16(17)23(26)27)10-15-18(24)21-22(19(15)25)14-6-4-3-5-7-14/h1,3-7,9-11H,8H2,(H,21,24). The van der Waals surface area contributed by atoms with Gasteiger partial charge >= 0.3 is 5.69 Å². The molecular weight excluding hydrogens is 430 g/mol. The highest BCUT2D eigenvalue weighted by molar-refractivity contribution is 9.10. The van der Waals surface area contributed by atoms with Crippen LogP contribution < -0.4 is 15.2 Å². The first-order chi connectivity index (χ1) is 13.4. The highest BCUT2D eigenvalue weighted by Gasteiger charge is 2.35. The first kappa shape index (κ1) is 19.1. The van der Waals surface area contributed by atoms with Gasteiger partial charge in [-0.3, -0.25) is 25.1 Å². The molecule has 1 aliphatic rings. The lowest BCUT2D eigenvalue weighted by molar-refractivity contribution is -0.385. The summed E-state index contributed by atoms with van der Waals surface area (Å²) in [6.45, 7) is -0.213. The molecule has 140 valence electrons. The first-order valence-corrected chi connectivity index (χ1v) is 8.68. The molecule has 0 aromatic heterocycles. The number of rotatable bonds is 5. The van der Waals surface area contributed by atoms with Crippen molar-refractivity contribution in [3.05, 3.63) is 68.2 Å². The lowest BCUT2D eigenvalue weighted by atomic mass is 10.1. The van der Waals surface area contributed by atoms with E-state index in [1.807, 2.05) is 0 Å². The Morgan fingerprint density at radius 2 is 2.00 bits per heavy atom. The third-order valence-electron chi connectivity index (χ3n) is 3.77. The van der Waals surface area contributed by atoms with Crippen molar-refractivity contribution in [2.75, 3.05) is 11.6 Å². The minimum absolute atomic E-state index is 0.127. The minimum Gasteiger partial charge on any atom is -0.473 e. The van der Waals surface area contributed by atoms with Crippen LogP contribution in [0.3, 0.4) is 0 Å². The quantitative estimate of drug-likeness (QED) is 0.252. The van der Waals surface area contributed by atoms with Crippen molar-refractivity contribution in [1.29, 1.82) is 0 Å². The molecule has 0 radical (unpaired) electrons. The van der Waals surface area contributed by atoms with Gasteiger partial charge in [0, 0.05) is 16.1 Å². The highest BCUT2D eigenvalue weighted by atomic mass is 79.9. The largest absolute Gasteiger partial charge is 0.473 e. The second-order valence-electron chi connectivity index (χ2n) is 5.57. The second kappa shape index (κ2) is 7.94. The number of hydrogen-bond donors (Lipinski definition) is 1. The maximum absolute atomic E-state index is 12.7. The van der Waals surface area contributed by atoms with Gasteiger partial charge in [-0.05, 0) is 24.3 Å². The van der Waals surface area contributed by atoms with E-state index in [4.69, 9.17) is 11.2 Å². The number of carbonyl (C=O) groups is 2. The van der Waals surface area contributed by atoms with Crippen molar-refractivity contribution in [2.24, 2.45) is 0 Å². The van der Waals surface area contributed by atoms with E-state index < -0.39 is 16.7 Å². The number of nitrogens with zero attached hydrogens (tertiary/aromatic N) is 2. The van der Waals surface area contributed by atoms with Gasteiger partial charge in [0.05, 0.1) is 10.6 Å². The topological polar surface area (TPSA) is 102 Å². The van der Waals surface area contributed by atoms with Gasteiger partial charge in [0.15, 0.2) is 0 Å². The van der Waals surface area contributed by atoms with Crippen LogP contribution in [0.5, 0.6) is 5.75 Å². The first-order valence-electron chi connectivity index (χ1n) is 7.88. The van der Waals surface area contributed by atoms with E-state index in [0.717, 1.165) is 5.01 Å². The smallest absolute Gasteiger partial charge is 0.312 e. The van der Waals surface area contributed by atoms with Crippen molar-refractivity contribution in [2.45, 2.75) is 0 Å². The predicted octanol–water partition coefficient (Wildman–Crippen LogP) is 2.83. The van der Waals surface area contributed by atoms with Crippen molar-refractivity contribution in [3.8, 4) is 18.1 Å². The Morgan fingerprint density at radius 3 is 2.64 bits per heavy atom. The van der Waals surface area contributed by atoms with Gasteiger partial charge in [0.25, 0.3) is 11.8 Å². The Kier molecular flexibility index (Phi) is 5.42. The number of anilines is 1. The molecule has 9 heteroatoms. The number of carbonyl (C=O) groups excluding carboxylic acids is 2. The summed E-state index contributed by atoms with van der Waals surface area (Å²) in [5.74, 6) is 0.870. The number of hydrogen-bond acceptors (Lipinski definition) is 5. The fourth-order valence-corrected chi connectivity index (χ4v) is 3.05. The van der Waals surface area contributed by atoms with Crippen molar-refractivity contribution in [3.63, 3.8) is 0 Å². The summed E-state index contributed by atoms with van der Waals surface area (Å²) >= 11 is 3.19. The zero-order valence-electron chi connectivity index (χ0n) is 14.2. The number of nitrogens with one attached hydrogen (secondary N) is 1. The maximum atomic E-state index is 12.7. The molecule has 2 aromatic rings. The Hall–Kier alpha value is -3.64. The number of nitro groups is 1. The molecule has 0 aliphatic carbocycles. The third-order valence-corrected chi connectivity index (χ3v) is 4.22. The number of benzene rings is 2. The van der Waals surface area contributed by atoms with Crippen molar-refractivity contribution < 1.29 is 19.2 Å². The van der Waals surface area contributed by atoms with Crippen LogP contribution in [0.4, 0.5) is 11.4 Å². The average molecular weight is 442 g/mol. The molecule has 1 aliphatic heterocycles. The number of ether oxygens (including phenoxy) is 1. The lowest BCUT2D eigenvalue weighted by Gasteiger charge is -2.14.